The van der Waals surface area contributed by atoms with E-state index < -0.39 is 11.9 Å². The molecule has 0 fully saturated rings. The lowest BCUT2D eigenvalue weighted by molar-refractivity contribution is -0.145. The Hall–Kier alpha value is -3.87. The van der Waals surface area contributed by atoms with E-state index in [4.69, 9.17) is 18.9 Å². The van der Waals surface area contributed by atoms with Gasteiger partial charge in [-0.3, -0.25) is 4.79 Å². The molecule has 0 radical (unpaired) electrons. The number of hydrogen-bond acceptors (Lipinski definition) is 7. The Morgan fingerprint density at radius 1 is 0.781 bits per heavy atom. The third kappa shape index (κ3) is 8.10. The molecule has 0 amide bonds. The van der Waals surface area contributed by atoms with Crippen LogP contribution in [-0.2, 0) is 25.5 Å². The zero-order valence-corrected chi connectivity index (χ0v) is 18.2. The van der Waals surface area contributed by atoms with Crippen molar-refractivity contribution < 1.29 is 33.3 Å². The van der Waals surface area contributed by atoms with Crippen molar-refractivity contribution in [2.75, 3.05) is 20.0 Å². The van der Waals surface area contributed by atoms with Crippen molar-refractivity contribution in [3.05, 3.63) is 84.0 Å². The zero-order valence-electron chi connectivity index (χ0n) is 18.2. The number of benzene rings is 2. The Balaban J connectivity index is 1.73. The summed E-state index contributed by atoms with van der Waals surface area (Å²) in [5, 5.41) is 0. The van der Waals surface area contributed by atoms with Gasteiger partial charge in [0.05, 0.1) is 12.2 Å². The van der Waals surface area contributed by atoms with E-state index in [-0.39, 0.29) is 31.4 Å². The molecule has 0 bridgehead atoms. The first-order valence-electron chi connectivity index (χ1n) is 9.89. The summed E-state index contributed by atoms with van der Waals surface area (Å²) in [5.74, 6) is -0.110. The van der Waals surface area contributed by atoms with Gasteiger partial charge in [0.1, 0.15) is 11.5 Å². The molecule has 2 aromatic carbocycles. The maximum absolute atomic E-state index is 12.2. The number of esters is 2. The van der Waals surface area contributed by atoms with E-state index in [9.17, 15) is 14.4 Å². The number of carbonyl (C=O) groups excluding carboxylic acids is 3. The molecule has 32 heavy (non-hydrogen) atoms. The summed E-state index contributed by atoms with van der Waals surface area (Å²) in [5.41, 5.74) is 2.08. The monoisotopic (exact) mass is 438 g/mol. The van der Waals surface area contributed by atoms with Crippen LogP contribution in [0.15, 0.2) is 72.8 Å². The van der Waals surface area contributed by atoms with Crippen molar-refractivity contribution in [2.45, 2.75) is 20.3 Å². The fourth-order valence-electron chi connectivity index (χ4n) is 2.33. The van der Waals surface area contributed by atoms with Crippen LogP contribution in [-0.4, -0.2) is 37.7 Å². The van der Waals surface area contributed by atoms with Crippen LogP contribution in [0, 0.1) is 0 Å². The minimum Gasteiger partial charge on any atom is -0.485 e. The molecule has 7 nitrogen and oxygen atoms in total. The van der Waals surface area contributed by atoms with E-state index in [0.717, 1.165) is 5.56 Å². The van der Waals surface area contributed by atoms with Gasteiger partial charge in [-0.25, -0.2) is 9.59 Å². The second-order valence-electron chi connectivity index (χ2n) is 7.02. The lowest BCUT2D eigenvalue weighted by Gasteiger charge is -2.09. The standard InChI is InChI=1S/C25H26O7/c1-17(2)23(26)15-30-21-9-5-19(6-10-21)13-14-29-25(28)20-7-11-22(12-8-20)31-16-32-24(27)18(3)4/h5-12H,1,3,13-16H2,2,4H3. The van der Waals surface area contributed by atoms with Gasteiger partial charge >= 0.3 is 11.9 Å². The van der Waals surface area contributed by atoms with Crippen LogP contribution >= 0.6 is 0 Å². The van der Waals surface area contributed by atoms with Gasteiger partial charge in [0, 0.05) is 12.0 Å². The molecule has 2 aromatic rings. The maximum atomic E-state index is 12.2. The highest BCUT2D eigenvalue weighted by Crippen LogP contribution is 2.15. The SMILES string of the molecule is C=C(C)C(=O)COc1ccc(CCOC(=O)c2ccc(OCOC(=O)C(=C)C)cc2)cc1. The van der Waals surface area contributed by atoms with Crippen molar-refractivity contribution in [3.63, 3.8) is 0 Å². The van der Waals surface area contributed by atoms with Crippen LogP contribution in [0.4, 0.5) is 0 Å². The molecule has 168 valence electrons. The fraction of sp³-hybridized carbons (Fsp3) is 0.240. The Morgan fingerprint density at radius 3 is 1.97 bits per heavy atom. The summed E-state index contributed by atoms with van der Waals surface area (Å²) in [6.07, 6.45) is 0.534. The average Bonchev–Trinajstić information content (AvgIpc) is 2.78. The highest BCUT2D eigenvalue weighted by Gasteiger charge is 2.09. The highest BCUT2D eigenvalue weighted by molar-refractivity contribution is 5.95. The molecule has 0 aliphatic carbocycles. The number of ketones is 1. The van der Waals surface area contributed by atoms with Gasteiger partial charge < -0.3 is 18.9 Å². The first kappa shape index (κ1) is 24.4. The van der Waals surface area contributed by atoms with E-state index in [2.05, 4.69) is 13.2 Å². The topological polar surface area (TPSA) is 88.1 Å². The summed E-state index contributed by atoms with van der Waals surface area (Å²) in [4.78, 5) is 35.0. The van der Waals surface area contributed by atoms with Gasteiger partial charge in [0.25, 0.3) is 0 Å². The van der Waals surface area contributed by atoms with Gasteiger partial charge in [-0.05, 0) is 61.4 Å². The lowest BCUT2D eigenvalue weighted by atomic mass is 10.1. The van der Waals surface area contributed by atoms with Gasteiger partial charge in [-0.15, -0.1) is 0 Å². The molecule has 0 heterocycles. The molecule has 0 unspecified atom stereocenters. The summed E-state index contributed by atoms with van der Waals surface area (Å²) in [7, 11) is 0. The Kier molecular flexibility index (Phi) is 9.22. The quantitative estimate of drug-likeness (QED) is 0.280. The summed E-state index contributed by atoms with van der Waals surface area (Å²) in [6.45, 7) is 10.2. The molecule has 0 spiro atoms. The molecule has 7 heteroatoms. The predicted octanol–water partition coefficient (Wildman–Crippen LogP) is 4.07. The summed E-state index contributed by atoms with van der Waals surface area (Å²) in [6, 6.07) is 13.5. The van der Waals surface area contributed by atoms with E-state index in [1.807, 2.05) is 12.1 Å². The molecule has 2 rings (SSSR count). The predicted molar refractivity (Wildman–Crippen MR) is 119 cm³/mol. The molecule has 0 aromatic heterocycles. The van der Waals surface area contributed by atoms with E-state index in [0.29, 0.717) is 29.1 Å². The highest BCUT2D eigenvalue weighted by atomic mass is 16.7. The molecular weight excluding hydrogens is 412 g/mol. The number of Topliss-reactive ketones (excluding diaryl/α,β-unsaturated/α-hetero) is 1. The van der Waals surface area contributed by atoms with Crippen molar-refractivity contribution in [3.8, 4) is 11.5 Å². The smallest absolute Gasteiger partial charge is 0.338 e. The number of rotatable bonds is 12. The van der Waals surface area contributed by atoms with Crippen molar-refractivity contribution in [2.24, 2.45) is 0 Å². The van der Waals surface area contributed by atoms with Gasteiger partial charge in [-0.1, -0.05) is 25.3 Å². The number of ether oxygens (including phenoxy) is 4. The molecule has 0 aliphatic heterocycles. The van der Waals surface area contributed by atoms with Crippen LogP contribution in [0.1, 0.15) is 29.8 Å². The largest absolute Gasteiger partial charge is 0.485 e. The second kappa shape index (κ2) is 12.1. The summed E-state index contributed by atoms with van der Waals surface area (Å²) < 4.78 is 20.8. The fourth-order valence-corrected chi connectivity index (χ4v) is 2.33. The maximum Gasteiger partial charge on any atom is 0.338 e. The lowest BCUT2D eigenvalue weighted by Crippen LogP contribution is -2.11. The van der Waals surface area contributed by atoms with Crippen molar-refractivity contribution in [1.82, 2.24) is 0 Å². The average molecular weight is 438 g/mol. The molecule has 0 saturated carbocycles. The zero-order chi connectivity index (χ0) is 23.5. The van der Waals surface area contributed by atoms with Crippen LogP contribution in [0.3, 0.4) is 0 Å². The van der Waals surface area contributed by atoms with E-state index >= 15 is 0 Å². The molecule has 0 N–H and O–H groups in total. The van der Waals surface area contributed by atoms with Gasteiger partial charge in [0.15, 0.2) is 12.4 Å². The minimum absolute atomic E-state index is 0.0459. The Morgan fingerprint density at radius 2 is 1.38 bits per heavy atom. The van der Waals surface area contributed by atoms with E-state index in [1.54, 1.807) is 50.2 Å². The van der Waals surface area contributed by atoms with Crippen LogP contribution in [0.5, 0.6) is 11.5 Å². The molecular formula is C25H26O7. The molecule has 0 atom stereocenters. The molecule has 0 saturated heterocycles. The third-order valence-corrected chi connectivity index (χ3v) is 4.25. The summed E-state index contributed by atoms with van der Waals surface area (Å²) >= 11 is 0. The third-order valence-electron chi connectivity index (χ3n) is 4.25. The van der Waals surface area contributed by atoms with Crippen molar-refractivity contribution >= 4 is 17.7 Å². The normalized spacial score (nSPS) is 10.1. The Bertz CT molecular complexity index is 972. The van der Waals surface area contributed by atoms with Crippen molar-refractivity contribution in [1.29, 1.82) is 0 Å². The minimum atomic E-state index is -0.537. The number of carbonyl (C=O) groups is 3. The van der Waals surface area contributed by atoms with Crippen LogP contribution < -0.4 is 9.47 Å². The van der Waals surface area contributed by atoms with Gasteiger partial charge in [0.2, 0.25) is 6.79 Å². The van der Waals surface area contributed by atoms with E-state index in [1.165, 1.54) is 0 Å². The first-order chi connectivity index (χ1) is 15.3. The first-order valence-corrected chi connectivity index (χ1v) is 9.89. The van der Waals surface area contributed by atoms with Gasteiger partial charge in [-0.2, -0.15) is 0 Å². The second-order valence-corrected chi connectivity index (χ2v) is 7.02. The number of hydrogen-bond donors (Lipinski definition) is 0. The van der Waals surface area contributed by atoms with Crippen LogP contribution in [0.2, 0.25) is 0 Å². The molecule has 0 aliphatic rings. The Labute approximate surface area is 187 Å². The van der Waals surface area contributed by atoms with Crippen LogP contribution in [0.25, 0.3) is 0 Å².